The normalized spacial score (nSPS) is 13.1. The average Bonchev–Trinajstić information content (AvgIpc) is 2.23. The number of hydrogen-bond acceptors (Lipinski definition) is 3. The molecule has 5 heteroatoms. The number of nitrogens with one attached hydrogen (secondary N) is 1. The van der Waals surface area contributed by atoms with Crippen molar-refractivity contribution >= 4 is 27.3 Å². The van der Waals surface area contributed by atoms with E-state index in [2.05, 4.69) is 40.0 Å². The van der Waals surface area contributed by atoms with Crippen LogP contribution in [0.2, 0.25) is 0 Å². The predicted molar refractivity (Wildman–Crippen MR) is 83.9 cm³/mol. The molecule has 19 heavy (non-hydrogen) atoms. The molecule has 0 saturated carbocycles. The molecular weight excluding hydrogens is 309 g/mol. The van der Waals surface area contributed by atoms with Gasteiger partial charge >= 0.3 is 0 Å². The topological polar surface area (TPSA) is 41.3 Å². The summed E-state index contributed by atoms with van der Waals surface area (Å²) in [7, 11) is 4.06. The zero-order valence-corrected chi connectivity index (χ0v) is 13.6. The molecule has 1 aromatic carbocycles. The van der Waals surface area contributed by atoms with Gasteiger partial charge in [-0.1, -0.05) is 13.8 Å². The Morgan fingerprint density at radius 1 is 1.37 bits per heavy atom. The standard InChI is InChI=1S/C14H23BrFN3/c1-9(2)5-10(8-19(3)4)18-14-7-12(16)11(15)6-13(14)17/h6-7,9-10,18H,5,8,17H2,1-4H3. The Labute approximate surface area is 123 Å². The summed E-state index contributed by atoms with van der Waals surface area (Å²) in [5.41, 5.74) is 7.14. The SMILES string of the molecule is CC(C)CC(CN(C)C)Nc1cc(F)c(Br)cc1N. The number of halogens is 2. The van der Waals surface area contributed by atoms with Gasteiger partial charge in [0.15, 0.2) is 0 Å². The first-order chi connectivity index (χ1) is 8.79. The zero-order chi connectivity index (χ0) is 14.6. The van der Waals surface area contributed by atoms with Gasteiger partial charge in [0.1, 0.15) is 5.82 Å². The van der Waals surface area contributed by atoms with Crippen LogP contribution < -0.4 is 11.1 Å². The zero-order valence-electron chi connectivity index (χ0n) is 12.0. The summed E-state index contributed by atoms with van der Waals surface area (Å²) in [6.07, 6.45) is 1.01. The molecule has 0 heterocycles. The third-order valence-electron chi connectivity index (χ3n) is 2.79. The fourth-order valence-electron chi connectivity index (χ4n) is 2.10. The Bertz CT molecular complexity index is 411. The van der Waals surface area contributed by atoms with Crippen LogP contribution in [0.1, 0.15) is 20.3 Å². The van der Waals surface area contributed by atoms with Gasteiger partial charge < -0.3 is 16.0 Å². The van der Waals surface area contributed by atoms with Gasteiger partial charge in [-0.15, -0.1) is 0 Å². The van der Waals surface area contributed by atoms with E-state index in [1.54, 1.807) is 6.07 Å². The van der Waals surface area contributed by atoms with E-state index in [1.165, 1.54) is 6.07 Å². The lowest BCUT2D eigenvalue weighted by Crippen LogP contribution is -2.33. The molecule has 0 fully saturated rings. The van der Waals surface area contributed by atoms with Crippen LogP contribution >= 0.6 is 15.9 Å². The molecule has 1 rings (SSSR count). The average molecular weight is 332 g/mol. The second kappa shape index (κ2) is 7.10. The van der Waals surface area contributed by atoms with Crippen LogP contribution in [0.5, 0.6) is 0 Å². The Kier molecular flexibility index (Phi) is 6.07. The van der Waals surface area contributed by atoms with Crippen LogP contribution in [-0.2, 0) is 0 Å². The smallest absolute Gasteiger partial charge is 0.139 e. The van der Waals surface area contributed by atoms with Crippen molar-refractivity contribution in [1.82, 2.24) is 4.90 Å². The number of likely N-dealkylation sites (N-methyl/N-ethyl adjacent to an activating group) is 1. The van der Waals surface area contributed by atoms with Crippen LogP contribution in [-0.4, -0.2) is 31.6 Å². The Morgan fingerprint density at radius 2 is 2.00 bits per heavy atom. The van der Waals surface area contributed by atoms with Crippen LogP contribution in [0.15, 0.2) is 16.6 Å². The van der Waals surface area contributed by atoms with Crippen LogP contribution in [0.25, 0.3) is 0 Å². The van der Waals surface area contributed by atoms with Crippen molar-refractivity contribution in [2.24, 2.45) is 5.92 Å². The molecular formula is C14H23BrFN3. The van der Waals surface area contributed by atoms with Gasteiger partial charge in [-0.25, -0.2) is 4.39 Å². The summed E-state index contributed by atoms with van der Waals surface area (Å²) >= 11 is 3.14. The molecule has 3 nitrogen and oxygen atoms in total. The van der Waals surface area contributed by atoms with E-state index in [9.17, 15) is 4.39 Å². The van der Waals surface area contributed by atoms with E-state index in [4.69, 9.17) is 5.73 Å². The first kappa shape index (κ1) is 16.2. The summed E-state index contributed by atoms with van der Waals surface area (Å²) < 4.78 is 14.0. The molecule has 1 aromatic rings. The molecule has 0 spiro atoms. The van der Waals surface area contributed by atoms with E-state index < -0.39 is 0 Å². The summed E-state index contributed by atoms with van der Waals surface area (Å²) in [5.74, 6) is 0.267. The maximum atomic E-state index is 13.6. The highest BCUT2D eigenvalue weighted by molar-refractivity contribution is 9.10. The lowest BCUT2D eigenvalue weighted by Gasteiger charge is -2.25. The third kappa shape index (κ3) is 5.37. The monoisotopic (exact) mass is 331 g/mol. The van der Waals surface area contributed by atoms with Crippen molar-refractivity contribution in [2.45, 2.75) is 26.3 Å². The molecule has 108 valence electrons. The molecule has 0 aromatic heterocycles. The van der Waals surface area contributed by atoms with Crippen LogP contribution in [0.3, 0.4) is 0 Å². The van der Waals surface area contributed by atoms with E-state index >= 15 is 0 Å². The number of benzene rings is 1. The highest BCUT2D eigenvalue weighted by Crippen LogP contribution is 2.27. The second-order valence-corrected chi connectivity index (χ2v) is 6.44. The Morgan fingerprint density at radius 3 is 2.53 bits per heavy atom. The minimum absolute atomic E-state index is 0.248. The number of nitrogens with two attached hydrogens (primary N) is 1. The highest BCUT2D eigenvalue weighted by atomic mass is 79.9. The van der Waals surface area contributed by atoms with E-state index in [0.29, 0.717) is 21.8 Å². The molecule has 0 radical (unpaired) electrons. The lowest BCUT2D eigenvalue weighted by molar-refractivity contribution is 0.356. The number of anilines is 2. The molecule has 0 aliphatic rings. The molecule has 3 N–H and O–H groups in total. The minimum Gasteiger partial charge on any atom is -0.397 e. The maximum absolute atomic E-state index is 13.6. The summed E-state index contributed by atoms with van der Waals surface area (Å²) in [6.45, 7) is 5.24. The molecule has 0 amide bonds. The molecule has 0 bridgehead atoms. The predicted octanol–water partition coefficient (Wildman–Crippen LogP) is 3.56. The minimum atomic E-state index is -0.301. The van der Waals surface area contributed by atoms with Gasteiger partial charge in [0.05, 0.1) is 15.8 Å². The molecule has 1 atom stereocenters. The van der Waals surface area contributed by atoms with Crippen molar-refractivity contribution in [3.05, 3.63) is 22.4 Å². The number of nitrogen functional groups attached to an aromatic ring is 1. The van der Waals surface area contributed by atoms with E-state index in [1.807, 2.05) is 14.1 Å². The maximum Gasteiger partial charge on any atom is 0.139 e. The van der Waals surface area contributed by atoms with E-state index in [0.717, 1.165) is 13.0 Å². The quantitative estimate of drug-likeness (QED) is 0.783. The molecule has 0 aliphatic heterocycles. The van der Waals surface area contributed by atoms with Crippen LogP contribution in [0, 0.1) is 11.7 Å². The largest absolute Gasteiger partial charge is 0.397 e. The fraction of sp³-hybridized carbons (Fsp3) is 0.571. The van der Waals surface area contributed by atoms with Gasteiger partial charge in [0.2, 0.25) is 0 Å². The van der Waals surface area contributed by atoms with E-state index in [-0.39, 0.29) is 11.9 Å². The molecule has 0 saturated heterocycles. The van der Waals surface area contributed by atoms with Crippen molar-refractivity contribution in [2.75, 3.05) is 31.7 Å². The summed E-state index contributed by atoms with van der Waals surface area (Å²) in [4.78, 5) is 2.12. The van der Waals surface area contributed by atoms with Crippen molar-refractivity contribution in [3.8, 4) is 0 Å². The van der Waals surface area contributed by atoms with Crippen LogP contribution in [0.4, 0.5) is 15.8 Å². The second-order valence-electron chi connectivity index (χ2n) is 5.59. The number of nitrogens with zero attached hydrogens (tertiary/aromatic N) is 1. The van der Waals surface area contributed by atoms with Gasteiger partial charge in [-0.3, -0.25) is 0 Å². The van der Waals surface area contributed by atoms with Gasteiger partial charge in [-0.05, 0) is 48.4 Å². The van der Waals surface area contributed by atoms with Gasteiger partial charge in [-0.2, -0.15) is 0 Å². The van der Waals surface area contributed by atoms with Gasteiger partial charge in [0, 0.05) is 18.7 Å². The first-order valence-corrected chi connectivity index (χ1v) is 7.24. The van der Waals surface area contributed by atoms with Crippen molar-refractivity contribution in [1.29, 1.82) is 0 Å². The first-order valence-electron chi connectivity index (χ1n) is 6.45. The van der Waals surface area contributed by atoms with Crippen molar-refractivity contribution < 1.29 is 4.39 Å². The summed E-state index contributed by atoms with van der Waals surface area (Å²) in [6, 6.07) is 3.29. The fourth-order valence-corrected chi connectivity index (χ4v) is 2.46. The molecule has 1 unspecified atom stereocenters. The summed E-state index contributed by atoms with van der Waals surface area (Å²) in [5, 5.41) is 3.35. The number of rotatable bonds is 6. The highest BCUT2D eigenvalue weighted by Gasteiger charge is 2.14. The Hall–Kier alpha value is -0.810. The lowest BCUT2D eigenvalue weighted by atomic mass is 10.0. The van der Waals surface area contributed by atoms with Gasteiger partial charge in [0.25, 0.3) is 0 Å². The molecule has 0 aliphatic carbocycles. The Balaban J connectivity index is 2.86. The van der Waals surface area contributed by atoms with Crippen molar-refractivity contribution in [3.63, 3.8) is 0 Å². The third-order valence-corrected chi connectivity index (χ3v) is 3.40. The number of hydrogen-bond donors (Lipinski definition) is 2.